The topological polar surface area (TPSA) is 59.0 Å². The van der Waals surface area contributed by atoms with Crippen LogP contribution in [-0.4, -0.2) is 42.8 Å². The molecule has 1 aromatic carbocycles. The zero-order chi connectivity index (χ0) is 14.7. The lowest BCUT2D eigenvalue weighted by Gasteiger charge is -2.23. The van der Waals surface area contributed by atoms with Crippen LogP contribution in [0.3, 0.4) is 0 Å². The minimum Gasteiger partial charge on any atom is -0.493 e. The SMILES string of the molecule is COc1ccc(CN2CCC(C(=O)O)C2C)cc1OC. The molecule has 5 heteroatoms. The summed E-state index contributed by atoms with van der Waals surface area (Å²) in [5.74, 6) is 0.434. The lowest BCUT2D eigenvalue weighted by atomic mass is 10.0. The van der Waals surface area contributed by atoms with E-state index in [1.165, 1.54) is 0 Å². The fraction of sp³-hybridized carbons (Fsp3) is 0.533. The van der Waals surface area contributed by atoms with Crippen LogP contribution in [0.2, 0.25) is 0 Å². The summed E-state index contributed by atoms with van der Waals surface area (Å²) in [7, 11) is 3.22. The molecule has 1 fully saturated rings. The summed E-state index contributed by atoms with van der Waals surface area (Å²) in [6.07, 6.45) is 0.712. The second-order valence-corrected chi connectivity index (χ2v) is 5.13. The van der Waals surface area contributed by atoms with E-state index in [4.69, 9.17) is 14.6 Å². The van der Waals surface area contributed by atoms with Crippen LogP contribution in [0, 0.1) is 5.92 Å². The number of carboxylic acids is 1. The Morgan fingerprint density at radius 2 is 2.05 bits per heavy atom. The third kappa shape index (κ3) is 2.88. The third-order valence-electron chi connectivity index (χ3n) is 4.04. The third-order valence-corrected chi connectivity index (χ3v) is 4.04. The van der Waals surface area contributed by atoms with Gasteiger partial charge in [-0.05, 0) is 37.6 Å². The average molecular weight is 279 g/mol. The van der Waals surface area contributed by atoms with E-state index in [0.717, 1.165) is 18.7 Å². The molecular formula is C15H21NO4. The molecule has 5 nitrogen and oxygen atoms in total. The second-order valence-electron chi connectivity index (χ2n) is 5.13. The Morgan fingerprint density at radius 1 is 1.35 bits per heavy atom. The van der Waals surface area contributed by atoms with Crippen molar-refractivity contribution in [2.75, 3.05) is 20.8 Å². The van der Waals surface area contributed by atoms with Crippen molar-refractivity contribution in [2.45, 2.75) is 25.9 Å². The predicted octanol–water partition coefficient (Wildman–Crippen LogP) is 2.00. The van der Waals surface area contributed by atoms with E-state index in [2.05, 4.69) is 4.90 Å². The minimum atomic E-state index is -0.702. The number of carbonyl (C=O) groups is 1. The Balaban J connectivity index is 2.09. The monoisotopic (exact) mass is 279 g/mol. The maximum absolute atomic E-state index is 11.1. The predicted molar refractivity (Wildman–Crippen MR) is 75.2 cm³/mol. The highest BCUT2D eigenvalue weighted by Gasteiger charge is 2.35. The molecule has 1 aliphatic heterocycles. The van der Waals surface area contributed by atoms with Crippen molar-refractivity contribution in [1.82, 2.24) is 4.90 Å². The van der Waals surface area contributed by atoms with Crippen LogP contribution in [0.25, 0.3) is 0 Å². The summed E-state index contributed by atoms with van der Waals surface area (Å²) in [5, 5.41) is 9.15. The Bertz CT molecular complexity index is 489. The standard InChI is InChI=1S/C15H21NO4/c1-10-12(15(17)18)6-7-16(10)9-11-4-5-13(19-2)14(8-11)20-3/h4-5,8,10,12H,6-7,9H2,1-3H3,(H,17,18). The highest BCUT2D eigenvalue weighted by atomic mass is 16.5. The molecule has 2 unspecified atom stereocenters. The summed E-state index contributed by atoms with van der Waals surface area (Å²) in [5.41, 5.74) is 1.10. The summed E-state index contributed by atoms with van der Waals surface area (Å²) in [6.45, 7) is 3.52. The quantitative estimate of drug-likeness (QED) is 0.893. The van der Waals surface area contributed by atoms with Crippen molar-refractivity contribution in [1.29, 1.82) is 0 Å². The number of hydrogen-bond donors (Lipinski definition) is 1. The molecule has 110 valence electrons. The van der Waals surface area contributed by atoms with Gasteiger partial charge in [0, 0.05) is 12.6 Å². The number of nitrogens with zero attached hydrogens (tertiary/aromatic N) is 1. The van der Waals surface area contributed by atoms with Crippen LogP contribution < -0.4 is 9.47 Å². The Kier molecular flexibility index (Phi) is 4.49. The Hall–Kier alpha value is -1.75. The number of rotatable bonds is 5. The van der Waals surface area contributed by atoms with Gasteiger partial charge in [0.05, 0.1) is 20.1 Å². The molecule has 1 saturated heterocycles. The molecule has 0 spiro atoms. The molecule has 0 saturated carbocycles. The van der Waals surface area contributed by atoms with Crippen molar-refractivity contribution >= 4 is 5.97 Å². The number of methoxy groups -OCH3 is 2. The molecule has 1 aromatic rings. The first-order valence-electron chi connectivity index (χ1n) is 6.74. The van der Waals surface area contributed by atoms with Gasteiger partial charge in [-0.25, -0.2) is 0 Å². The van der Waals surface area contributed by atoms with Crippen LogP contribution in [-0.2, 0) is 11.3 Å². The van der Waals surface area contributed by atoms with Crippen molar-refractivity contribution in [3.63, 3.8) is 0 Å². The van der Waals surface area contributed by atoms with E-state index in [9.17, 15) is 4.79 Å². The largest absolute Gasteiger partial charge is 0.493 e. The number of benzene rings is 1. The van der Waals surface area contributed by atoms with E-state index in [0.29, 0.717) is 17.9 Å². The molecule has 0 bridgehead atoms. The molecule has 2 atom stereocenters. The van der Waals surface area contributed by atoms with Crippen molar-refractivity contribution in [2.24, 2.45) is 5.92 Å². The van der Waals surface area contributed by atoms with Gasteiger partial charge in [0.25, 0.3) is 0 Å². The average Bonchev–Trinajstić information content (AvgIpc) is 2.80. The molecule has 1 N–H and O–H groups in total. The molecule has 0 radical (unpaired) electrons. The Morgan fingerprint density at radius 3 is 2.60 bits per heavy atom. The van der Waals surface area contributed by atoms with Crippen LogP contribution in [0.15, 0.2) is 18.2 Å². The normalized spacial score (nSPS) is 22.8. The van der Waals surface area contributed by atoms with Gasteiger partial charge in [-0.1, -0.05) is 6.07 Å². The molecular weight excluding hydrogens is 258 g/mol. The lowest BCUT2D eigenvalue weighted by Crippen LogP contribution is -2.32. The number of likely N-dealkylation sites (tertiary alicyclic amines) is 1. The molecule has 0 aliphatic carbocycles. The molecule has 2 rings (SSSR count). The summed E-state index contributed by atoms with van der Waals surface area (Å²) in [4.78, 5) is 13.3. The zero-order valence-corrected chi connectivity index (χ0v) is 12.1. The maximum atomic E-state index is 11.1. The van der Waals surface area contributed by atoms with Gasteiger partial charge >= 0.3 is 5.97 Å². The molecule has 1 heterocycles. The number of ether oxygens (including phenoxy) is 2. The fourth-order valence-corrected chi connectivity index (χ4v) is 2.77. The Labute approximate surface area is 119 Å². The second kappa shape index (κ2) is 6.13. The van der Waals surface area contributed by atoms with Gasteiger partial charge in [-0.3, -0.25) is 9.69 Å². The lowest BCUT2D eigenvalue weighted by molar-refractivity contribution is -0.142. The van der Waals surface area contributed by atoms with E-state index in [-0.39, 0.29) is 12.0 Å². The minimum absolute atomic E-state index is 0.0561. The van der Waals surface area contributed by atoms with Crippen LogP contribution in [0.5, 0.6) is 11.5 Å². The van der Waals surface area contributed by atoms with E-state index >= 15 is 0 Å². The van der Waals surface area contributed by atoms with Gasteiger partial charge in [0.2, 0.25) is 0 Å². The smallest absolute Gasteiger partial charge is 0.308 e. The molecule has 1 aliphatic rings. The fourth-order valence-electron chi connectivity index (χ4n) is 2.77. The zero-order valence-electron chi connectivity index (χ0n) is 12.1. The highest BCUT2D eigenvalue weighted by molar-refractivity contribution is 5.71. The van der Waals surface area contributed by atoms with Gasteiger partial charge < -0.3 is 14.6 Å². The van der Waals surface area contributed by atoms with Crippen LogP contribution >= 0.6 is 0 Å². The van der Waals surface area contributed by atoms with E-state index in [1.807, 2.05) is 25.1 Å². The number of carboxylic acid groups (broad SMARTS) is 1. The first-order valence-corrected chi connectivity index (χ1v) is 6.74. The van der Waals surface area contributed by atoms with Gasteiger partial charge in [0.15, 0.2) is 11.5 Å². The number of hydrogen-bond acceptors (Lipinski definition) is 4. The van der Waals surface area contributed by atoms with Crippen LogP contribution in [0.4, 0.5) is 0 Å². The van der Waals surface area contributed by atoms with Gasteiger partial charge in [-0.2, -0.15) is 0 Å². The summed E-state index contributed by atoms with van der Waals surface area (Å²) in [6, 6.07) is 5.87. The molecule has 0 amide bonds. The van der Waals surface area contributed by atoms with Crippen LogP contribution in [0.1, 0.15) is 18.9 Å². The van der Waals surface area contributed by atoms with E-state index in [1.54, 1.807) is 14.2 Å². The van der Waals surface area contributed by atoms with Crippen molar-refractivity contribution in [3.05, 3.63) is 23.8 Å². The van der Waals surface area contributed by atoms with Gasteiger partial charge in [0.1, 0.15) is 0 Å². The summed E-state index contributed by atoms with van der Waals surface area (Å²) < 4.78 is 10.5. The van der Waals surface area contributed by atoms with Crippen molar-refractivity contribution < 1.29 is 19.4 Å². The van der Waals surface area contributed by atoms with Gasteiger partial charge in [-0.15, -0.1) is 0 Å². The highest BCUT2D eigenvalue weighted by Crippen LogP contribution is 2.30. The number of aliphatic carboxylic acids is 1. The first-order chi connectivity index (χ1) is 9.56. The maximum Gasteiger partial charge on any atom is 0.308 e. The van der Waals surface area contributed by atoms with Crippen molar-refractivity contribution in [3.8, 4) is 11.5 Å². The van der Waals surface area contributed by atoms with E-state index < -0.39 is 5.97 Å². The molecule has 20 heavy (non-hydrogen) atoms. The summed E-state index contributed by atoms with van der Waals surface area (Å²) >= 11 is 0. The first kappa shape index (κ1) is 14.7. The molecule has 0 aromatic heterocycles.